The molecule has 1 N–H and O–H groups in total. The number of rotatable bonds is 6. The van der Waals surface area contributed by atoms with Gasteiger partial charge in [0.25, 0.3) is 6.43 Å². The Labute approximate surface area is 110 Å². The summed E-state index contributed by atoms with van der Waals surface area (Å²) in [6.45, 7) is 2.87. The molecule has 2 rings (SSSR count). The Morgan fingerprint density at radius 1 is 1.37 bits per heavy atom. The second-order valence-corrected chi connectivity index (χ2v) is 4.40. The molecule has 0 saturated heterocycles. The fraction of sp³-hybridized carbons (Fsp3) is 0.500. The van der Waals surface area contributed by atoms with Crippen LogP contribution in [-0.2, 0) is 26.7 Å². The van der Waals surface area contributed by atoms with Gasteiger partial charge in [0.05, 0.1) is 11.9 Å². The van der Waals surface area contributed by atoms with Crippen LogP contribution in [0.5, 0.6) is 0 Å². The lowest BCUT2D eigenvalue weighted by Gasteiger charge is -2.03. The largest absolute Gasteiger partial charge is 0.307 e. The Balaban J connectivity index is 1.82. The Morgan fingerprint density at radius 3 is 2.79 bits per heavy atom. The molecule has 0 amide bonds. The summed E-state index contributed by atoms with van der Waals surface area (Å²) in [5.41, 5.74) is 2.98. The third kappa shape index (κ3) is 3.60. The van der Waals surface area contributed by atoms with E-state index in [4.69, 9.17) is 0 Å². The summed E-state index contributed by atoms with van der Waals surface area (Å²) in [7, 11) is 1.89. The van der Waals surface area contributed by atoms with E-state index in [0.29, 0.717) is 13.1 Å². The molecule has 0 aliphatic carbocycles. The lowest BCUT2D eigenvalue weighted by Crippen LogP contribution is -2.14. The van der Waals surface area contributed by atoms with Crippen LogP contribution in [0.4, 0.5) is 8.78 Å². The molecule has 2 aromatic rings. The standard InChI is InChI=1S/C12H17F2N5/c1-9-10(6-16-18(9)2)5-15-7-11-3-4-19(17-11)8-12(13)14/h3-4,6,12,15H,5,7-8H2,1-2H3. The van der Waals surface area contributed by atoms with Crippen LogP contribution < -0.4 is 5.32 Å². The zero-order valence-corrected chi connectivity index (χ0v) is 11.0. The second kappa shape index (κ2) is 5.92. The number of hydrogen-bond acceptors (Lipinski definition) is 3. The molecule has 0 bridgehead atoms. The van der Waals surface area contributed by atoms with Gasteiger partial charge in [-0.25, -0.2) is 8.78 Å². The van der Waals surface area contributed by atoms with Crippen molar-refractivity contribution in [3.63, 3.8) is 0 Å². The van der Waals surface area contributed by atoms with Gasteiger partial charge in [-0.1, -0.05) is 0 Å². The molecule has 0 spiro atoms. The van der Waals surface area contributed by atoms with E-state index >= 15 is 0 Å². The maximum absolute atomic E-state index is 12.2. The molecule has 0 unspecified atom stereocenters. The van der Waals surface area contributed by atoms with Crippen molar-refractivity contribution in [2.24, 2.45) is 7.05 Å². The number of nitrogens with one attached hydrogen (secondary N) is 1. The van der Waals surface area contributed by atoms with Crippen LogP contribution in [0.1, 0.15) is 17.0 Å². The van der Waals surface area contributed by atoms with Crippen LogP contribution in [-0.4, -0.2) is 26.0 Å². The van der Waals surface area contributed by atoms with Crippen LogP contribution in [0.15, 0.2) is 18.5 Å². The van der Waals surface area contributed by atoms with Gasteiger partial charge in [-0.15, -0.1) is 0 Å². The van der Waals surface area contributed by atoms with E-state index in [9.17, 15) is 8.78 Å². The fourth-order valence-corrected chi connectivity index (χ4v) is 1.78. The first-order valence-electron chi connectivity index (χ1n) is 6.05. The van der Waals surface area contributed by atoms with Gasteiger partial charge in [-0.2, -0.15) is 10.2 Å². The Morgan fingerprint density at radius 2 is 2.16 bits per heavy atom. The number of aromatic nitrogens is 4. The quantitative estimate of drug-likeness (QED) is 0.864. The highest BCUT2D eigenvalue weighted by atomic mass is 19.3. The highest BCUT2D eigenvalue weighted by Crippen LogP contribution is 2.05. The summed E-state index contributed by atoms with van der Waals surface area (Å²) in [6, 6.07) is 1.74. The lowest BCUT2D eigenvalue weighted by molar-refractivity contribution is 0.121. The van der Waals surface area contributed by atoms with Gasteiger partial charge >= 0.3 is 0 Å². The number of alkyl halides is 2. The zero-order valence-electron chi connectivity index (χ0n) is 11.0. The van der Waals surface area contributed by atoms with Crippen molar-refractivity contribution >= 4 is 0 Å². The SMILES string of the molecule is Cc1c(CNCc2ccn(CC(F)F)n2)cnn1C. The van der Waals surface area contributed by atoms with Gasteiger partial charge in [-0.05, 0) is 13.0 Å². The molecule has 2 aromatic heterocycles. The normalized spacial score (nSPS) is 11.4. The number of halogens is 2. The molecule has 5 nitrogen and oxygen atoms in total. The molecular weight excluding hydrogens is 252 g/mol. The number of nitrogens with zero attached hydrogens (tertiary/aromatic N) is 4. The average molecular weight is 269 g/mol. The van der Waals surface area contributed by atoms with Crippen molar-refractivity contribution in [2.45, 2.75) is 33.0 Å². The molecule has 0 saturated carbocycles. The third-order valence-electron chi connectivity index (χ3n) is 2.98. The van der Waals surface area contributed by atoms with Gasteiger partial charge < -0.3 is 5.32 Å². The summed E-state index contributed by atoms with van der Waals surface area (Å²) in [6.07, 6.45) is 1.01. The van der Waals surface area contributed by atoms with Crippen molar-refractivity contribution < 1.29 is 8.78 Å². The summed E-state index contributed by atoms with van der Waals surface area (Å²) in [4.78, 5) is 0. The Bertz CT molecular complexity index is 532. The van der Waals surface area contributed by atoms with Crippen LogP contribution in [0, 0.1) is 6.92 Å². The topological polar surface area (TPSA) is 47.7 Å². The number of aryl methyl sites for hydroxylation is 1. The van der Waals surface area contributed by atoms with Crippen LogP contribution in [0.25, 0.3) is 0 Å². The summed E-state index contributed by atoms with van der Waals surface area (Å²) < 4.78 is 27.4. The predicted molar refractivity (Wildman–Crippen MR) is 66.7 cm³/mol. The molecule has 7 heteroatoms. The minimum Gasteiger partial charge on any atom is -0.307 e. The smallest absolute Gasteiger partial charge is 0.257 e. The van der Waals surface area contributed by atoms with E-state index in [0.717, 1.165) is 17.0 Å². The first kappa shape index (κ1) is 13.7. The molecular formula is C12H17F2N5. The maximum atomic E-state index is 12.2. The van der Waals surface area contributed by atoms with Crippen molar-refractivity contribution in [2.75, 3.05) is 0 Å². The van der Waals surface area contributed by atoms with E-state index in [1.54, 1.807) is 12.3 Å². The fourth-order valence-electron chi connectivity index (χ4n) is 1.78. The molecule has 19 heavy (non-hydrogen) atoms. The highest BCUT2D eigenvalue weighted by Gasteiger charge is 2.06. The molecule has 0 aliphatic rings. The average Bonchev–Trinajstić information content (AvgIpc) is 2.90. The molecule has 2 heterocycles. The highest BCUT2D eigenvalue weighted by molar-refractivity contribution is 5.15. The van der Waals surface area contributed by atoms with Crippen molar-refractivity contribution in [3.8, 4) is 0 Å². The minimum absolute atomic E-state index is 0.359. The van der Waals surface area contributed by atoms with Crippen molar-refractivity contribution in [1.29, 1.82) is 0 Å². The summed E-state index contributed by atoms with van der Waals surface area (Å²) in [5, 5.41) is 11.4. The van der Waals surface area contributed by atoms with E-state index in [1.165, 1.54) is 4.68 Å². The maximum Gasteiger partial charge on any atom is 0.257 e. The lowest BCUT2D eigenvalue weighted by atomic mass is 10.2. The van der Waals surface area contributed by atoms with E-state index < -0.39 is 6.43 Å². The van der Waals surface area contributed by atoms with Crippen molar-refractivity contribution in [1.82, 2.24) is 24.9 Å². The van der Waals surface area contributed by atoms with E-state index in [2.05, 4.69) is 15.5 Å². The molecule has 0 aromatic carbocycles. The third-order valence-corrected chi connectivity index (χ3v) is 2.98. The predicted octanol–water partition coefficient (Wildman–Crippen LogP) is 1.48. The minimum atomic E-state index is -2.38. The molecule has 104 valence electrons. The molecule has 0 fully saturated rings. The second-order valence-electron chi connectivity index (χ2n) is 4.40. The molecule has 0 aliphatic heterocycles. The Kier molecular flexibility index (Phi) is 4.26. The van der Waals surface area contributed by atoms with Gasteiger partial charge in [0, 0.05) is 37.6 Å². The number of hydrogen-bond donors (Lipinski definition) is 1. The zero-order chi connectivity index (χ0) is 13.8. The molecule has 0 radical (unpaired) electrons. The van der Waals surface area contributed by atoms with Crippen LogP contribution in [0.2, 0.25) is 0 Å². The van der Waals surface area contributed by atoms with Gasteiger partial charge in [-0.3, -0.25) is 9.36 Å². The van der Waals surface area contributed by atoms with Gasteiger partial charge in [0.2, 0.25) is 0 Å². The molecule has 0 atom stereocenters. The monoisotopic (exact) mass is 269 g/mol. The van der Waals surface area contributed by atoms with Crippen molar-refractivity contribution in [3.05, 3.63) is 35.4 Å². The van der Waals surface area contributed by atoms with E-state index in [1.807, 2.05) is 24.9 Å². The first-order chi connectivity index (χ1) is 9.06. The van der Waals surface area contributed by atoms with Crippen LogP contribution >= 0.6 is 0 Å². The van der Waals surface area contributed by atoms with Crippen LogP contribution in [0.3, 0.4) is 0 Å². The summed E-state index contributed by atoms with van der Waals surface area (Å²) in [5.74, 6) is 0. The van der Waals surface area contributed by atoms with Gasteiger partial charge in [0.15, 0.2) is 0 Å². The first-order valence-corrected chi connectivity index (χ1v) is 6.05. The summed E-state index contributed by atoms with van der Waals surface area (Å²) >= 11 is 0. The Hall–Kier alpha value is -1.76. The van der Waals surface area contributed by atoms with Gasteiger partial charge in [0.1, 0.15) is 6.54 Å². The van der Waals surface area contributed by atoms with E-state index in [-0.39, 0.29) is 6.54 Å².